The fourth-order valence-corrected chi connectivity index (χ4v) is 8.08. The quantitative estimate of drug-likeness (QED) is 0.735. The lowest BCUT2D eigenvalue weighted by atomic mass is 9.48. The zero-order chi connectivity index (χ0) is 17.1. The van der Waals surface area contributed by atoms with E-state index in [0.717, 1.165) is 42.4 Å². The molecule has 0 bridgehead atoms. The lowest BCUT2D eigenvalue weighted by Gasteiger charge is -2.57. The third kappa shape index (κ3) is 2.50. The molecule has 2 heteroatoms. The summed E-state index contributed by atoms with van der Waals surface area (Å²) < 4.78 is 0. The highest BCUT2D eigenvalue weighted by atomic mass is 16.3. The van der Waals surface area contributed by atoms with E-state index in [2.05, 4.69) is 20.8 Å². The monoisotopic (exact) mass is 332 g/mol. The third-order valence-electron chi connectivity index (χ3n) is 9.16. The molecule has 4 aliphatic carbocycles. The molecule has 136 valence electrons. The Labute approximate surface area is 147 Å². The highest BCUT2D eigenvalue weighted by Gasteiger charge is 2.58. The number of carbonyl (C=O) groups excluding carboxylic acids is 1. The van der Waals surface area contributed by atoms with Crippen LogP contribution in [-0.4, -0.2) is 17.0 Å². The minimum atomic E-state index is -0.408. The van der Waals surface area contributed by atoms with Crippen LogP contribution >= 0.6 is 0 Å². The minimum absolute atomic E-state index is 0.234. The first-order valence-electron chi connectivity index (χ1n) is 10.5. The summed E-state index contributed by atoms with van der Waals surface area (Å²) in [6.07, 6.45) is 12.6. The normalized spacial score (nSPS) is 55.2. The van der Waals surface area contributed by atoms with Gasteiger partial charge < -0.3 is 9.90 Å². The maximum atomic E-state index is 11.4. The van der Waals surface area contributed by atoms with Gasteiger partial charge in [-0.15, -0.1) is 0 Å². The molecule has 0 heterocycles. The van der Waals surface area contributed by atoms with Gasteiger partial charge in [0.15, 0.2) is 0 Å². The molecule has 2 nitrogen and oxygen atoms in total. The number of hydrogen-bond donors (Lipinski definition) is 1. The van der Waals surface area contributed by atoms with Crippen LogP contribution in [0.3, 0.4) is 0 Å². The molecular weight excluding hydrogens is 296 g/mol. The van der Waals surface area contributed by atoms with Gasteiger partial charge in [-0.3, -0.25) is 0 Å². The molecule has 4 rings (SSSR count). The van der Waals surface area contributed by atoms with Gasteiger partial charge in [-0.1, -0.05) is 13.8 Å². The van der Waals surface area contributed by atoms with Crippen molar-refractivity contribution in [2.75, 3.05) is 0 Å². The molecule has 0 aromatic carbocycles. The van der Waals surface area contributed by atoms with Crippen molar-refractivity contribution in [2.45, 2.75) is 84.2 Å². The molecule has 0 amide bonds. The Morgan fingerprint density at radius 3 is 2.46 bits per heavy atom. The van der Waals surface area contributed by atoms with Crippen LogP contribution in [0.25, 0.3) is 0 Å². The first-order valence-corrected chi connectivity index (χ1v) is 10.5. The molecule has 4 aliphatic rings. The van der Waals surface area contributed by atoms with Gasteiger partial charge in [0.05, 0.1) is 5.60 Å². The van der Waals surface area contributed by atoms with Gasteiger partial charge in [0, 0.05) is 5.92 Å². The van der Waals surface area contributed by atoms with Crippen LogP contribution in [0, 0.1) is 46.8 Å². The van der Waals surface area contributed by atoms with Crippen molar-refractivity contribution >= 4 is 6.29 Å². The number of aldehydes is 1. The molecule has 9 atom stereocenters. The highest BCUT2D eigenvalue weighted by Crippen LogP contribution is 2.65. The molecule has 0 saturated heterocycles. The predicted molar refractivity (Wildman–Crippen MR) is 96.5 cm³/mol. The summed E-state index contributed by atoms with van der Waals surface area (Å²) in [4.78, 5) is 11.4. The van der Waals surface area contributed by atoms with Crippen LogP contribution in [0.4, 0.5) is 0 Å². The predicted octanol–water partition coefficient (Wildman–Crippen LogP) is 4.84. The van der Waals surface area contributed by atoms with E-state index in [1.54, 1.807) is 0 Å². The van der Waals surface area contributed by atoms with Gasteiger partial charge >= 0.3 is 0 Å². The number of rotatable bonds is 2. The number of fused-ring (bicyclic) bond motifs is 5. The van der Waals surface area contributed by atoms with Gasteiger partial charge in [-0.25, -0.2) is 0 Å². The van der Waals surface area contributed by atoms with Crippen LogP contribution < -0.4 is 0 Å². The van der Waals surface area contributed by atoms with Crippen molar-refractivity contribution in [1.82, 2.24) is 0 Å². The maximum absolute atomic E-state index is 11.4. The van der Waals surface area contributed by atoms with Crippen molar-refractivity contribution in [3.63, 3.8) is 0 Å². The summed E-state index contributed by atoms with van der Waals surface area (Å²) in [5.41, 5.74) is 0.00349. The Balaban J connectivity index is 1.54. The van der Waals surface area contributed by atoms with Gasteiger partial charge in [-0.2, -0.15) is 0 Å². The summed E-state index contributed by atoms with van der Waals surface area (Å²) in [5.74, 6) is 5.15. The van der Waals surface area contributed by atoms with Gasteiger partial charge in [0.1, 0.15) is 6.29 Å². The first kappa shape index (κ1) is 17.1. The third-order valence-corrected chi connectivity index (χ3v) is 9.16. The van der Waals surface area contributed by atoms with Gasteiger partial charge in [0.25, 0.3) is 0 Å². The Kier molecular flexibility index (Phi) is 4.14. The average molecular weight is 333 g/mol. The Morgan fingerprint density at radius 2 is 1.71 bits per heavy atom. The molecule has 0 aromatic heterocycles. The molecule has 1 N–H and O–H groups in total. The zero-order valence-electron chi connectivity index (χ0n) is 15.8. The Hall–Kier alpha value is -0.370. The largest absolute Gasteiger partial charge is 0.390 e. The smallest absolute Gasteiger partial charge is 0.123 e. The first-order chi connectivity index (χ1) is 11.4. The molecule has 0 radical (unpaired) electrons. The van der Waals surface area contributed by atoms with E-state index in [-0.39, 0.29) is 5.92 Å². The summed E-state index contributed by atoms with van der Waals surface area (Å²) in [5, 5.41) is 10.5. The number of hydrogen-bond acceptors (Lipinski definition) is 2. The van der Waals surface area contributed by atoms with Crippen molar-refractivity contribution < 1.29 is 9.90 Å². The second kappa shape index (κ2) is 5.83. The van der Waals surface area contributed by atoms with Crippen LogP contribution in [-0.2, 0) is 4.79 Å². The van der Waals surface area contributed by atoms with E-state index in [1.165, 1.54) is 51.2 Å². The van der Waals surface area contributed by atoms with Crippen molar-refractivity contribution in [1.29, 1.82) is 0 Å². The van der Waals surface area contributed by atoms with E-state index in [1.807, 2.05) is 0 Å². The molecular formula is C22H36O2. The van der Waals surface area contributed by atoms with E-state index in [9.17, 15) is 9.90 Å². The SMILES string of the molecule is CC(C=O)[C@H]1CC[C@H]2[C@@H]3CC[C@@H]4C[C@](C)(O)CC[C@@H]4[C@H]3CC[C@]12C. The van der Waals surface area contributed by atoms with Crippen molar-refractivity contribution in [3.05, 3.63) is 0 Å². The molecule has 0 aliphatic heterocycles. The van der Waals surface area contributed by atoms with Crippen molar-refractivity contribution in [2.24, 2.45) is 46.8 Å². The Morgan fingerprint density at radius 1 is 0.958 bits per heavy atom. The van der Waals surface area contributed by atoms with Gasteiger partial charge in [-0.05, 0) is 106 Å². The number of carbonyl (C=O) groups is 1. The molecule has 1 unspecified atom stereocenters. The molecule has 4 saturated carbocycles. The second-order valence-corrected chi connectivity index (χ2v) is 10.4. The molecule has 0 aromatic rings. The maximum Gasteiger partial charge on any atom is 0.123 e. The van der Waals surface area contributed by atoms with E-state index in [4.69, 9.17) is 0 Å². The second-order valence-electron chi connectivity index (χ2n) is 10.4. The lowest BCUT2D eigenvalue weighted by Crippen LogP contribution is -2.50. The minimum Gasteiger partial charge on any atom is -0.390 e. The average Bonchev–Trinajstić information content (AvgIpc) is 2.90. The summed E-state index contributed by atoms with van der Waals surface area (Å²) >= 11 is 0. The van der Waals surface area contributed by atoms with Crippen LogP contribution in [0.1, 0.15) is 78.6 Å². The number of aliphatic hydroxyl groups is 1. The summed E-state index contributed by atoms with van der Waals surface area (Å²) in [7, 11) is 0. The molecule has 0 spiro atoms. The zero-order valence-corrected chi connectivity index (χ0v) is 15.8. The van der Waals surface area contributed by atoms with Crippen LogP contribution in [0.5, 0.6) is 0 Å². The van der Waals surface area contributed by atoms with E-state index < -0.39 is 5.60 Å². The fraction of sp³-hybridized carbons (Fsp3) is 0.955. The van der Waals surface area contributed by atoms with Gasteiger partial charge in [0.2, 0.25) is 0 Å². The fourth-order valence-electron chi connectivity index (χ4n) is 8.08. The Bertz CT molecular complexity index is 498. The summed E-state index contributed by atoms with van der Waals surface area (Å²) in [6.45, 7) is 6.72. The molecule has 24 heavy (non-hydrogen) atoms. The molecule has 4 fully saturated rings. The highest BCUT2D eigenvalue weighted by molar-refractivity contribution is 5.53. The van der Waals surface area contributed by atoms with E-state index in [0.29, 0.717) is 11.3 Å². The topological polar surface area (TPSA) is 37.3 Å². The lowest BCUT2D eigenvalue weighted by molar-refractivity contribution is -0.118. The van der Waals surface area contributed by atoms with E-state index >= 15 is 0 Å². The summed E-state index contributed by atoms with van der Waals surface area (Å²) in [6, 6.07) is 0. The van der Waals surface area contributed by atoms with Crippen molar-refractivity contribution in [3.8, 4) is 0 Å². The van der Waals surface area contributed by atoms with Crippen LogP contribution in [0.15, 0.2) is 0 Å². The van der Waals surface area contributed by atoms with Crippen LogP contribution in [0.2, 0.25) is 0 Å². The standard InChI is InChI=1S/C22H36O2/c1-14(13-23)19-6-7-20-18-5-4-15-12-21(2,24)10-8-16(15)17(18)9-11-22(19,20)3/h13-20,24H,4-12H2,1-3H3/t14?,15-,16+,17-,18-,19-,20+,21-,22-/m1/s1.